The van der Waals surface area contributed by atoms with E-state index >= 15 is 0 Å². The average molecular weight is 330 g/mol. The minimum absolute atomic E-state index is 0.116. The van der Waals surface area contributed by atoms with Crippen molar-refractivity contribution in [2.24, 2.45) is 11.8 Å². The van der Waals surface area contributed by atoms with Crippen molar-refractivity contribution >= 4 is 33.6 Å². The Morgan fingerprint density at radius 3 is 2.83 bits per heavy atom. The van der Waals surface area contributed by atoms with Crippen molar-refractivity contribution in [1.29, 1.82) is 0 Å². The van der Waals surface area contributed by atoms with Gasteiger partial charge in [0, 0.05) is 22.2 Å². The van der Waals surface area contributed by atoms with Crippen molar-refractivity contribution in [2.75, 3.05) is 12.3 Å². The molecule has 1 aliphatic carbocycles. The molecule has 0 aromatic rings. The zero-order valence-corrected chi connectivity index (χ0v) is 13.0. The van der Waals surface area contributed by atoms with Gasteiger partial charge in [0.2, 0.25) is 5.91 Å². The molecule has 100 valence electrons. The smallest absolute Gasteiger partial charge is 0.230 e. The molecule has 3 unspecified atom stereocenters. The van der Waals surface area contributed by atoms with Crippen molar-refractivity contribution in [3.05, 3.63) is 9.89 Å². The summed E-state index contributed by atoms with van der Waals surface area (Å²) in [5.41, 5.74) is 0. The number of carbonyl (C=O) groups excluding carboxylic acids is 1. The predicted octanol–water partition coefficient (Wildman–Crippen LogP) is 3.77. The maximum absolute atomic E-state index is 12.6. The van der Waals surface area contributed by atoms with E-state index in [4.69, 9.17) is 0 Å². The normalized spacial score (nSPS) is 36.2. The number of piperidine rings is 1. The lowest BCUT2D eigenvalue weighted by Gasteiger charge is -2.44. The second-order valence-corrected chi connectivity index (χ2v) is 8.12. The summed E-state index contributed by atoms with van der Waals surface area (Å²) in [4.78, 5) is 14.9. The van der Waals surface area contributed by atoms with Gasteiger partial charge in [-0.3, -0.25) is 4.79 Å². The predicted molar refractivity (Wildman–Crippen MR) is 79.7 cm³/mol. The van der Waals surface area contributed by atoms with Crippen LogP contribution in [0.4, 0.5) is 0 Å². The number of halogens is 1. The monoisotopic (exact) mass is 329 g/mol. The fourth-order valence-electron chi connectivity index (χ4n) is 3.68. The lowest BCUT2D eigenvalue weighted by Crippen LogP contribution is -2.51. The molecule has 3 atom stereocenters. The molecule has 0 N–H and O–H groups in total. The van der Waals surface area contributed by atoms with Crippen LogP contribution in [0.1, 0.15) is 38.5 Å². The Hall–Kier alpha value is 0.0400. The summed E-state index contributed by atoms with van der Waals surface area (Å²) in [5.74, 6) is 2.21. The van der Waals surface area contributed by atoms with Gasteiger partial charge in [-0.15, -0.1) is 11.8 Å². The summed E-state index contributed by atoms with van der Waals surface area (Å²) >= 11 is 5.25. The van der Waals surface area contributed by atoms with Crippen molar-refractivity contribution in [2.45, 2.75) is 44.6 Å². The van der Waals surface area contributed by atoms with Crippen molar-refractivity contribution in [1.82, 2.24) is 4.90 Å². The second kappa shape index (κ2) is 5.58. The number of likely N-dealkylation sites (tertiary alicyclic amines) is 1. The molecule has 1 amide bonds. The Kier molecular flexibility index (Phi) is 4.04. The van der Waals surface area contributed by atoms with E-state index in [1.165, 1.54) is 38.5 Å². The molecule has 0 bridgehead atoms. The first-order chi connectivity index (χ1) is 8.75. The highest BCUT2D eigenvalue weighted by Gasteiger charge is 2.38. The van der Waals surface area contributed by atoms with E-state index < -0.39 is 0 Å². The van der Waals surface area contributed by atoms with Crippen LogP contribution in [0.3, 0.4) is 0 Å². The average Bonchev–Trinajstić information content (AvgIpc) is 2.84. The van der Waals surface area contributed by atoms with Gasteiger partial charge in [0.15, 0.2) is 0 Å². The molecule has 2 heterocycles. The van der Waals surface area contributed by atoms with Crippen LogP contribution in [0, 0.1) is 11.8 Å². The van der Waals surface area contributed by atoms with Crippen molar-refractivity contribution in [3.8, 4) is 0 Å². The SMILES string of the molecule is O=C(C1C=C(Br)SC1)N1CCCC2CCCCC21. The number of fused-ring (bicyclic) bond motifs is 1. The van der Waals surface area contributed by atoms with Gasteiger partial charge in [-0.25, -0.2) is 0 Å². The third-order valence-electron chi connectivity index (χ3n) is 4.58. The number of amides is 1. The van der Waals surface area contributed by atoms with Crippen molar-refractivity contribution < 1.29 is 4.79 Å². The molecule has 0 spiro atoms. The Morgan fingerprint density at radius 1 is 1.28 bits per heavy atom. The van der Waals surface area contributed by atoms with Crippen LogP contribution in [0.25, 0.3) is 0 Å². The van der Waals surface area contributed by atoms with Gasteiger partial charge in [-0.2, -0.15) is 0 Å². The summed E-state index contributed by atoms with van der Waals surface area (Å²) in [7, 11) is 0. The van der Waals surface area contributed by atoms with E-state index in [9.17, 15) is 4.79 Å². The second-order valence-electron chi connectivity index (χ2n) is 5.67. The lowest BCUT2D eigenvalue weighted by atomic mass is 9.78. The molecule has 2 aliphatic heterocycles. The summed E-state index contributed by atoms with van der Waals surface area (Å²) in [6.45, 7) is 0.993. The van der Waals surface area contributed by atoms with Crippen molar-refractivity contribution in [3.63, 3.8) is 0 Å². The molecule has 3 rings (SSSR count). The van der Waals surface area contributed by atoms with Crippen LogP contribution < -0.4 is 0 Å². The van der Waals surface area contributed by atoms with Gasteiger partial charge in [0.25, 0.3) is 0 Å². The van der Waals surface area contributed by atoms with E-state index in [1.54, 1.807) is 11.8 Å². The maximum atomic E-state index is 12.6. The topological polar surface area (TPSA) is 20.3 Å². The van der Waals surface area contributed by atoms with E-state index in [0.717, 1.165) is 22.0 Å². The largest absolute Gasteiger partial charge is 0.339 e. The van der Waals surface area contributed by atoms with Gasteiger partial charge in [0.05, 0.1) is 5.92 Å². The molecule has 0 radical (unpaired) electrons. The van der Waals surface area contributed by atoms with E-state index in [2.05, 4.69) is 26.9 Å². The Bertz CT molecular complexity index is 369. The first-order valence-electron chi connectivity index (χ1n) is 7.06. The highest BCUT2D eigenvalue weighted by atomic mass is 79.9. The highest BCUT2D eigenvalue weighted by Crippen LogP contribution is 2.39. The third-order valence-corrected chi connectivity index (χ3v) is 6.47. The van der Waals surface area contributed by atoms with Crippen LogP contribution in [-0.4, -0.2) is 29.1 Å². The molecule has 18 heavy (non-hydrogen) atoms. The van der Waals surface area contributed by atoms with E-state index in [0.29, 0.717) is 11.9 Å². The number of nitrogens with zero attached hydrogens (tertiary/aromatic N) is 1. The summed E-state index contributed by atoms with van der Waals surface area (Å²) < 4.78 is 1.14. The molecule has 0 aromatic carbocycles. The minimum Gasteiger partial charge on any atom is -0.339 e. The fourth-order valence-corrected chi connectivity index (χ4v) is 5.23. The molecule has 0 aromatic heterocycles. The quantitative estimate of drug-likeness (QED) is 0.729. The molecular weight excluding hydrogens is 310 g/mol. The summed E-state index contributed by atoms with van der Waals surface area (Å²) in [6, 6.07) is 0.553. The Labute approximate surface area is 122 Å². The van der Waals surface area contributed by atoms with Crippen LogP contribution in [0.5, 0.6) is 0 Å². The first kappa shape index (κ1) is 13.0. The standard InChI is InChI=1S/C14H20BrNOS/c15-13-8-11(9-18-13)14(17)16-7-3-5-10-4-1-2-6-12(10)16/h8,10-12H,1-7,9H2. The summed E-state index contributed by atoms with van der Waals surface area (Å²) in [5, 5.41) is 0. The highest BCUT2D eigenvalue weighted by molar-refractivity contribution is 9.14. The Balaban J connectivity index is 1.72. The molecule has 2 fully saturated rings. The fraction of sp³-hybridized carbons (Fsp3) is 0.786. The molecule has 2 nitrogen and oxygen atoms in total. The van der Waals surface area contributed by atoms with E-state index in [1.807, 2.05) is 0 Å². The molecule has 4 heteroatoms. The molecule has 3 aliphatic rings. The van der Waals surface area contributed by atoms with Gasteiger partial charge < -0.3 is 4.90 Å². The third kappa shape index (κ3) is 2.51. The lowest BCUT2D eigenvalue weighted by molar-refractivity contribution is -0.139. The molecule has 1 saturated heterocycles. The van der Waals surface area contributed by atoms with Gasteiger partial charge in [-0.1, -0.05) is 18.9 Å². The van der Waals surface area contributed by atoms with Gasteiger partial charge in [0.1, 0.15) is 0 Å². The zero-order chi connectivity index (χ0) is 12.5. The minimum atomic E-state index is 0.116. The summed E-state index contributed by atoms with van der Waals surface area (Å²) in [6.07, 6.45) is 9.90. The van der Waals surface area contributed by atoms with E-state index in [-0.39, 0.29) is 5.92 Å². The van der Waals surface area contributed by atoms with Crippen LogP contribution in [-0.2, 0) is 4.79 Å². The molecule has 1 saturated carbocycles. The van der Waals surface area contributed by atoms with Gasteiger partial charge in [-0.05, 0) is 47.5 Å². The Morgan fingerprint density at radius 2 is 2.06 bits per heavy atom. The number of thioether (sulfide) groups is 1. The molecular formula is C14H20BrNOS. The number of hydrogen-bond donors (Lipinski definition) is 0. The van der Waals surface area contributed by atoms with Crippen LogP contribution in [0.15, 0.2) is 9.89 Å². The zero-order valence-electron chi connectivity index (χ0n) is 10.6. The number of rotatable bonds is 1. The maximum Gasteiger partial charge on any atom is 0.230 e. The van der Waals surface area contributed by atoms with Crippen LogP contribution in [0.2, 0.25) is 0 Å². The first-order valence-corrected chi connectivity index (χ1v) is 8.84. The van der Waals surface area contributed by atoms with Crippen LogP contribution >= 0.6 is 27.7 Å². The van der Waals surface area contributed by atoms with Gasteiger partial charge >= 0.3 is 0 Å². The number of carbonyl (C=O) groups is 1. The number of hydrogen-bond acceptors (Lipinski definition) is 2.